The van der Waals surface area contributed by atoms with E-state index in [-0.39, 0.29) is 42.4 Å². The fourth-order valence-electron chi connectivity index (χ4n) is 3.53. The maximum Gasteiger partial charge on any atom is 0.227 e. The number of benzene rings is 1. The second-order valence-electron chi connectivity index (χ2n) is 6.55. The van der Waals surface area contributed by atoms with Crippen LogP contribution in [0.25, 0.3) is 0 Å². The highest BCUT2D eigenvalue weighted by molar-refractivity contribution is 6.00. The summed E-state index contributed by atoms with van der Waals surface area (Å²) in [4.78, 5) is 26.0. The van der Waals surface area contributed by atoms with Gasteiger partial charge in [-0.2, -0.15) is 0 Å². The quantitative estimate of drug-likeness (QED) is 0.871. The van der Waals surface area contributed by atoms with Gasteiger partial charge in [0.2, 0.25) is 11.8 Å². The summed E-state index contributed by atoms with van der Waals surface area (Å²) in [5.74, 6) is -1.06. The van der Waals surface area contributed by atoms with E-state index < -0.39 is 5.82 Å². The number of nitrogens with zero attached hydrogens (tertiary/aromatic N) is 1. The van der Waals surface area contributed by atoms with E-state index in [9.17, 15) is 14.0 Å². The molecule has 2 fully saturated rings. The van der Waals surface area contributed by atoms with E-state index in [1.807, 2.05) is 0 Å². The van der Waals surface area contributed by atoms with Crippen LogP contribution in [0, 0.1) is 11.7 Å². The molecule has 2 amide bonds. The highest BCUT2D eigenvalue weighted by Crippen LogP contribution is 2.27. The van der Waals surface area contributed by atoms with Gasteiger partial charge < -0.3 is 10.2 Å². The third kappa shape index (κ3) is 3.71. The molecule has 1 aliphatic heterocycles. The Hall–Kier alpha value is -1.91. The molecule has 0 unspecified atom stereocenters. The number of carbonyl (C=O) groups is 2. The van der Waals surface area contributed by atoms with Crippen LogP contribution in [-0.4, -0.2) is 24.4 Å². The summed E-state index contributed by atoms with van der Waals surface area (Å²) < 4.78 is 13.9. The minimum Gasteiger partial charge on any atom is -0.353 e. The fraction of sp³-hybridized carbons (Fsp3) is 0.556. The normalized spacial score (nSPS) is 22.9. The molecule has 1 aliphatic carbocycles. The summed E-state index contributed by atoms with van der Waals surface area (Å²) in [6.07, 6.45) is 6.95. The Morgan fingerprint density at radius 3 is 2.52 bits per heavy atom. The van der Waals surface area contributed by atoms with Crippen LogP contribution in [0.1, 0.15) is 44.9 Å². The number of nitrogens with one attached hydrogen (secondary N) is 1. The molecule has 4 nitrogen and oxygen atoms in total. The van der Waals surface area contributed by atoms with E-state index in [0.29, 0.717) is 0 Å². The Morgan fingerprint density at radius 2 is 1.83 bits per heavy atom. The van der Waals surface area contributed by atoms with Crippen molar-refractivity contribution in [2.45, 2.75) is 51.0 Å². The van der Waals surface area contributed by atoms with Crippen molar-refractivity contribution in [3.05, 3.63) is 30.1 Å². The maximum atomic E-state index is 13.9. The fourth-order valence-corrected chi connectivity index (χ4v) is 3.53. The lowest BCUT2D eigenvalue weighted by molar-refractivity contribution is -0.127. The highest BCUT2D eigenvalue weighted by atomic mass is 19.1. The Balaban J connectivity index is 1.62. The number of carbonyl (C=O) groups excluding carboxylic acids is 2. The second-order valence-corrected chi connectivity index (χ2v) is 6.55. The summed E-state index contributed by atoms with van der Waals surface area (Å²) in [5, 5.41) is 3.10. The van der Waals surface area contributed by atoms with E-state index in [0.717, 1.165) is 25.7 Å². The molecule has 1 aromatic rings. The molecule has 1 saturated heterocycles. The van der Waals surface area contributed by atoms with Gasteiger partial charge in [-0.15, -0.1) is 0 Å². The number of anilines is 1. The first kappa shape index (κ1) is 16.0. The standard InChI is InChI=1S/C18H23FN2O2/c19-15-9-5-6-10-16(15)21-12-13(11-17(21)22)18(23)20-14-7-3-1-2-4-8-14/h5-6,9-10,13-14H,1-4,7-8,11-12H2,(H,20,23)/t13-/m1/s1. The van der Waals surface area contributed by atoms with Crippen LogP contribution in [0.4, 0.5) is 10.1 Å². The zero-order valence-corrected chi connectivity index (χ0v) is 13.3. The van der Waals surface area contributed by atoms with Crippen LogP contribution in [0.15, 0.2) is 24.3 Å². The number of para-hydroxylation sites is 1. The third-order valence-electron chi connectivity index (χ3n) is 4.84. The molecule has 124 valence electrons. The molecule has 23 heavy (non-hydrogen) atoms. The third-order valence-corrected chi connectivity index (χ3v) is 4.84. The van der Waals surface area contributed by atoms with E-state index in [2.05, 4.69) is 5.32 Å². The van der Waals surface area contributed by atoms with Crippen molar-refractivity contribution in [2.75, 3.05) is 11.4 Å². The molecule has 1 saturated carbocycles. The SMILES string of the molecule is O=C(NC1CCCCCC1)[C@@H]1CC(=O)N(c2ccccc2F)C1. The molecule has 5 heteroatoms. The molecule has 1 N–H and O–H groups in total. The van der Waals surface area contributed by atoms with Gasteiger partial charge in [-0.05, 0) is 25.0 Å². The predicted octanol–water partition coefficient (Wildman–Crippen LogP) is 3.02. The first-order valence-electron chi connectivity index (χ1n) is 8.50. The van der Waals surface area contributed by atoms with Gasteiger partial charge in [0, 0.05) is 19.0 Å². The first-order chi connectivity index (χ1) is 11.1. The van der Waals surface area contributed by atoms with Crippen molar-refractivity contribution in [1.82, 2.24) is 5.32 Å². The number of hydrogen-bond donors (Lipinski definition) is 1. The van der Waals surface area contributed by atoms with Gasteiger partial charge >= 0.3 is 0 Å². The lowest BCUT2D eigenvalue weighted by Gasteiger charge is -2.20. The van der Waals surface area contributed by atoms with Crippen LogP contribution >= 0.6 is 0 Å². The van der Waals surface area contributed by atoms with Gasteiger partial charge in [0.1, 0.15) is 5.82 Å². The Kier molecular flexibility index (Phi) is 4.94. The predicted molar refractivity (Wildman–Crippen MR) is 86.5 cm³/mol. The molecule has 0 radical (unpaired) electrons. The van der Waals surface area contributed by atoms with Gasteiger partial charge in [0.15, 0.2) is 0 Å². The van der Waals surface area contributed by atoms with Crippen LogP contribution in [0.2, 0.25) is 0 Å². The monoisotopic (exact) mass is 318 g/mol. The van der Waals surface area contributed by atoms with E-state index >= 15 is 0 Å². The largest absolute Gasteiger partial charge is 0.353 e. The van der Waals surface area contributed by atoms with E-state index in [1.54, 1.807) is 18.2 Å². The van der Waals surface area contributed by atoms with Crippen molar-refractivity contribution in [2.24, 2.45) is 5.92 Å². The molecule has 0 bridgehead atoms. The Morgan fingerprint density at radius 1 is 1.13 bits per heavy atom. The molecule has 1 aromatic carbocycles. The molecular weight excluding hydrogens is 295 g/mol. The Labute approximate surface area is 136 Å². The lowest BCUT2D eigenvalue weighted by Crippen LogP contribution is -2.39. The lowest BCUT2D eigenvalue weighted by atomic mass is 10.0. The average Bonchev–Trinajstić information content (AvgIpc) is 2.75. The molecule has 3 rings (SSSR count). The average molecular weight is 318 g/mol. The molecule has 1 heterocycles. The van der Waals surface area contributed by atoms with Crippen LogP contribution in [0.5, 0.6) is 0 Å². The van der Waals surface area contributed by atoms with Crippen molar-refractivity contribution in [1.29, 1.82) is 0 Å². The minimum absolute atomic E-state index is 0.0657. The highest BCUT2D eigenvalue weighted by Gasteiger charge is 2.36. The second kappa shape index (κ2) is 7.11. The summed E-state index contributed by atoms with van der Waals surface area (Å²) in [6.45, 7) is 0.262. The summed E-state index contributed by atoms with van der Waals surface area (Å²) >= 11 is 0. The van der Waals surface area contributed by atoms with Gasteiger partial charge in [-0.1, -0.05) is 37.8 Å². The summed E-state index contributed by atoms with van der Waals surface area (Å²) in [6, 6.07) is 6.43. The van der Waals surface area contributed by atoms with E-state index in [4.69, 9.17) is 0 Å². The number of rotatable bonds is 3. The smallest absolute Gasteiger partial charge is 0.227 e. The van der Waals surface area contributed by atoms with E-state index in [1.165, 1.54) is 23.8 Å². The molecule has 2 aliphatic rings. The van der Waals surface area contributed by atoms with Gasteiger partial charge in [-0.3, -0.25) is 9.59 Å². The van der Waals surface area contributed by atoms with Crippen molar-refractivity contribution < 1.29 is 14.0 Å². The van der Waals surface area contributed by atoms with Crippen LogP contribution in [-0.2, 0) is 9.59 Å². The van der Waals surface area contributed by atoms with Crippen LogP contribution < -0.4 is 10.2 Å². The van der Waals surface area contributed by atoms with Gasteiger partial charge in [0.25, 0.3) is 0 Å². The number of amides is 2. The first-order valence-corrected chi connectivity index (χ1v) is 8.50. The summed E-state index contributed by atoms with van der Waals surface area (Å²) in [7, 11) is 0. The molecule has 1 atom stereocenters. The van der Waals surface area contributed by atoms with Gasteiger partial charge in [0.05, 0.1) is 11.6 Å². The maximum absolute atomic E-state index is 13.9. The molecular formula is C18H23FN2O2. The summed E-state index contributed by atoms with van der Waals surface area (Å²) in [5.41, 5.74) is 0.266. The Bertz CT molecular complexity index is 582. The van der Waals surface area contributed by atoms with Crippen molar-refractivity contribution in [3.63, 3.8) is 0 Å². The topological polar surface area (TPSA) is 49.4 Å². The minimum atomic E-state index is -0.425. The zero-order chi connectivity index (χ0) is 16.2. The number of halogens is 1. The van der Waals surface area contributed by atoms with Crippen molar-refractivity contribution >= 4 is 17.5 Å². The van der Waals surface area contributed by atoms with Gasteiger partial charge in [-0.25, -0.2) is 4.39 Å². The zero-order valence-electron chi connectivity index (χ0n) is 13.3. The van der Waals surface area contributed by atoms with Crippen LogP contribution in [0.3, 0.4) is 0 Å². The molecule has 0 aromatic heterocycles. The molecule has 0 spiro atoms. The van der Waals surface area contributed by atoms with Crippen molar-refractivity contribution in [3.8, 4) is 0 Å². The number of hydrogen-bond acceptors (Lipinski definition) is 2.